The van der Waals surface area contributed by atoms with Gasteiger partial charge in [0.1, 0.15) is 11.3 Å². The van der Waals surface area contributed by atoms with E-state index in [9.17, 15) is 8.78 Å². The lowest BCUT2D eigenvalue weighted by Crippen LogP contribution is -1.87. The molecule has 0 fully saturated rings. The van der Waals surface area contributed by atoms with Gasteiger partial charge in [-0.1, -0.05) is 0 Å². The highest BCUT2D eigenvalue weighted by atomic mass is 19.1. The van der Waals surface area contributed by atoms with Crippen molar-refractivity contribution in [3.8, 4) is 0 Å². The summed E-state index contributed by atoms with van der Waals surface area (Å²) in [5, 5.41) is 0. The Kier molecular flexibility index (Phi) is 1.48. The van der Waals surface area contributed by atoms with E-state index in [0.717, 1.165) is 6.07 Å². The lowest BCUT2D eigenvalue weighted by atomic mass is 10.2. The number of benzene rings is 1. The van der Waals surface area contributed by atoms with Crippen molar-refractivity contribution in [1.29, 1.82) is 0 Å². The van der Waals surface area contributed by atoms with E-state index in [1.165, 1.54) is 6.92 Å². The highest BCUT2D eigenvalue weighted by Gasteiger charge is 2.14. The van der Waals surface area contributed by atoms with E-state index < -0.39 is 11.6 Å². The highest BCUT2D eigenvalue weighted by Crippen LogP contribution is 2.25. The normalized spacial score (nSPS) is 11.0. The molecule has 3 nitrogen and oxygen atoms in total. The number of nitrogens with two attached hydrogens (primary N) is 1. The molecule has 1 aromatic carbocycles. The third-order valence-electron chi connectivity index (χ3n) is 1.82. The third-order valence-corrected chi connectivity index (χ3v) is 1.82. The zero-order chi connectivity index (χ0) is 9.59. The molecule has 2 rings (SSSR count). The summed E-state index contributed by atoms with van der Waals surface area (Å²) in [6.07, 6.45) is 0. The van der Waals surface area contributed by atoms with Gasteiger partial charge in [0.15, 0.2) is 11.4 Å². The largest absolute Gasteiger partial charge is 0.423 e. The van der Waals surface area contributed by atoms with Crippen LogP contribution in [0.15, 0.2) is 10.5 Å². The van der Waals surface area contributed by atoms with Gasteiger partial charge in [-0.3, -0.25) is 0 Å². The quantitative estimate of drug-likeness (QED) is 0.681. The maximum atomic E-state index is 13.0. The summed E-state index contributed by atoms with van der Waals surface area (Å²) >= 11 is 0. The Morgan fingerprint density at radius 2 is 2.08 bits per heavy atom. The van der Waals surface area contributed by atoms with Crippen LogP contribution in [0.2, 0.25) is 0 Å². The van der Waals surface area contributed by atoms with Crippen molar-refractivity contribution >= 4 is 17.1 Å². The number of aromatic nitrogens is 1. The van der Waals surface area contributed by atoms with Gasteiger partial charge in [0.05, 0.1) is 0 Å². The first-order valence-electron chi connectivity index (χ1n) is 3.60. The number of oxazole rings is 1. The summed E-state index contributed by atoms with van der Waals surface area (Å²) in [7, 11) is 0. The van der Waals surface area contributed by atoms with Gasteiger partial charge in [0.25, 0.3) is 6.01 Å². The van der Waals surface area contributed by atoms with Crippen LogP contribution in [0, 0.1) is 18.6 Å². The molecule has 5 heteroatoms. The molecule has 0 saturated carbocycles. The van der Waals surface area contributed by atoms with Crippen LogP contribution in [0.25, 0.3) is 11.1 Å². The standard InChI is InChI=1S/C8H6F2N2O/c1-3-4(9)2-5(10)6-7(3)13-8(11)12-6/h2H,1H3,(H2,11,12). The molecule has 0 unspecified atom stereocenters. The summed E-state index contributed by atoms with van der Waals surface area (Å²) in [5.41, 5.74) is 5.45. The monoisotopic (exact) mass is 184 g/mol. The number of aryl methyl sites for hydroxylation is 1. The maximum absolute atomic E-state index is 13.0. The van der Waals surface area contributed by atoms with E-state index in [1.807, 2.05) is 0 Å². The second kappa shape index (κ2) is 2.42. The third kappa shape index (κ3) is 1.04. The minimum Gasteiger partial charge on any atom is -0.423 e. The number of fused-ring (bicyclic) bond motifs is 1. The Hall–Kier alpha value is -1.65. The van der Waals surface area contributed by atoms with Crippen molar-refractivity contribution in [2.75, 3.05) is 5.73 Å². The number of anilines is 1. The lowest BCUT2D eigenvalue weighted by Gasteiger charge is -1.95. The molecule has 0 atom stereocenters. The van der Waals surface area contributed by atoms with Crippen LogP contribution in [0.4, 0.5) is 14.8 Å². The van der Waals surface area contributed by atoms with Gasteiger partial charge in [-0.25, -0.2) is 8.78 Å². The van der Waals surface area contributed by atoms with Crippen LogP contribution in [-0.2, 0) is 0 Å². The van der Waals surface area contributed by atoms with Crippen LogP contribution in [0.3, 0.4) is 0 Å². The minimum atomic E-state index is -0.765. The zero-order valence-electron chi connectivity index (χ0n) is 6.77. The Morgan fingerprint density at radius 3 is 2.77 bits per heavy atom. The predicted molar refractivity (Wildman–Crippen MR) is 43.1 cm³/mol. The van der Waals surface area contributed by atoms with Crippen LogP contribution in [0.5, 0.6) is 0 Å². The van der Waals surface area contributed by atoms with Crippen molar-refractivity contribution in [3.63, 3.8) is 0 Å². The average Bonchev–Trinajstić information content (AvgIpc) is 2.44. The molecule has 1 aromatic heterocycles. The molecule has 2 N–H and O–H groups in total. The smallest absolute Gasteiger partial charge is 0.293 e. The van der Waals surface area contributed by atoms with Gasteiger partial charge in [0, 0.05) is 11.6 Å². The molecule has 0 spiro atoms. The first-order chi connectivity index (χ1) is 6.09. The van der Waals surface area contributed by atoms with Crippen LogP contribution in [-0.4, -0.2) is 4.98 Å². The Labute approximate surface area is 72.2 Å². The lowest BCUT2D eigenvalue weighted by molar-refractivity contribution is 0.574. The fourth-order valence-electron chi connectivity index (χ4n) is 1.15. The Balaban J connectivity index is 2.95. The van der Waals surface area contributed by atoms with Crippen LogP contribution < -0.4 is 5.73 Å². The van der Waals surface area contributed by atoms with E-state index in [4.69, 9.17) is 10.2 Å². The van der Waals surface area contributed by atoms with Crippen molar-refractivity contribution in [2.24, 2.45) is 0 Å². The van der Waals surface area contributed by atoms with Gasteiger partial charge in [-0.2, -0.15) is 4.98 Å². The van der Waals surface area contributed by atoms with Crippen LogP contribution in [0.1, 0.15) is 5.56 Å². The SMILES string of the molecule is Cc1c(F)cc(F)c2nc(N)oc12. The molecule has 0 aliphatic rings. The topological polar surface area (TPSA) is 52.0 Å². The Bertz CT molecular complexity index is 478. The van der Waals surface area contributed by atoms with Crippen LogP contribution >= 0.6 is 0 Å². The first-order valence-corrected chi connectivity index (χ1v) is 3.60. The van der Waals surface area contributed by atoms with E-state index >= 15 is 0 Å². The van der Waals surface area contributed by atoms with E-state index in [1.54, 1.807) is 0 Å². The van der Waals surface area contributed by atoms with Gasteiger partial charge in [-0.15, -0.1) is 0 Å². The molecule has 68 valence electrons. The number of nitrogen functional groups attached to an aromatic ring is 1. The molecule has 0 bridgehead atoms. The molecular weight excluding hydrogens is 178 g/mol. The first kappa shape index (κ1) is 7.97. The Morgan fingerprint density at radius 1 is 1.38 bits per heavy atom. The van der Waals surface area contributed by atoms with Crippen molar-refractivity contribution < 1.29 is 13.2 Å². The predicted octanol–water partition coefficient (Wildman–Crippen LogP) is 2.00. The van der Waals surface area contributed by atoms with E-state index in [-0.39, 0.29) is 22.7 Å². The molecule has 0 aliphatic carbocycles. The molecular formula is C8H6F2N2O. The zero-order valence-corrected chi connectivity index (χ0v) is 6.77. The van der Waals surface area contributed by atoms with Crippen molar-refractivity contribution in [1.82, 2.24) is 4.98 Å². The van der Waals surface area contributed by atoms with Gasteiger partial charge < -0.3 is 10.2 Å². The molecule has 13 heavy (non-hydrogen) atoms. The molecule has 0 saturated heterocycles. The second-order valence-corrected chi connectivity index (χ2v) is 2.70. The molecule has 2 aromatic rings. The number of hydrogen-bond acceptors (Lipinski definition) is 3. The van der Waals surface area contributed by atoms with Gasteiger partial charge >= 0.3 is 0 Å². The summed E-state index contributed by atoms with van der Waals surface area (Å²) in [4.78, 5) is 3.58. The molecule has 1 heterocycles. The molecule has 0 amide bonds. The maximum Gasteiger partial charge on any atom is 0.293 e. The van der Waals surface area contributed by atoms with E-state index in [0.29, 0.717) is 0 Å². The molecule has 0 aliphatic heterocycles. The fraction of sp³-hybridized carbons (Fsp3) is 0.125. The molecule has 0 radical (unpaired) electrons. The van der Waals surface area contributed by atoms with E-state index in [2.05, 4.69) is 4.98 Å². The second-order valence-electron chi connectivity index (χ2n) is 2.70. The summed E-state index contributed by atoms with van der Waals surface area (Å²) in [5.74, 6) is -1.43. The number of halogens is 2. The number of rotatable bonds is 0. The highest BCUT2D eigenvalue weighted by molar-refractivity contribution is 5.78. The fourth-order valence-corrected chi connectivity index (χ4v) is 1.15. The average molecular weight is 184 g/mol. The summed E-state index contributed by atoms with van der Waals surface area (Å²) < 4.78 is 30.8. The number of nitrogens with zero attached hydrogens (tertiary/aromatic N) is 1. The minimum absolute atomic E-state index is 0.0311. The van der Waals surface area contributed by atoms with Crippen molar-refractivity contribution in [3.05, 3.63) is 23.3 Å². The number of hydrogen-bond donors (Lipinski definition) is 1. The van der Waals surface area contributed by atoms with Gasteiger partial charge in [0.2, 0.25) is 0 Å². The summed E-state index contributed by atoms with van der Waals surface area (Å²) in [6, 6.07) is 0.599. The summed E-state index contributed by atoms with van der Waals surface area (Å²) in [6.45, 7) is 1.47. The van der Waals surface area contributed by atoms with Crippen molar-refractivity contribution in [2.45, 2.75) is 6.92 Å². The van der Waals surface area contributed by atoms with Gasteiger partial charge in [-0.05, 0) is 6.92 Å².